The number of nitrogens with one attached hydrogen (secondary N) is 1. The van der Waals surface area contributed by atoms with Crippen LogP contribution < -0.4 is 11.3 Å². The lowest BCUT2D eigenvalue weighted by molar-refractivity contribution is -0.0351. The second-order valence-electron chi connectivity index (χ2n) is 5.64. The lowest BCUT2D eigenvalue weighted by atomic mass is 9.74. The van der Waals surface area contributed by atoms with E-state index >= 15 is 0 Å². The van der Waals surface area contributed by atoms with Gasteiger partial charge in [-0.25, -0.2) is 0 Å². The summed E-state index contributed by atoms with van der Waals surface area (Å²) in [5, 5.41) is 0. The third-order valence-corrected chi connectivity index (χ3v) is 4.39. The molecule has 1 saturated carbocycles. The average Bonchev–Trinajstić information content (AvgIpc) is 2.30. The van der Waals surface area contributed by atoms with Gasteiger partial charge in [-0.05, 0) is 38.5 Å². The van der Waals surface area contributed by atoms with E-state index in [0.29, 0.717) is 5.92 Å². The minimum atomic E-state index is -0.182. The zero-order chi connectivity index (χ0) is 12.2. The molecule has 0 amide bonds. The van der Waals surface area contributed by atoms with Gasteiger partial charge in [-0.3, -0.25) is 11.3 Å². The van der Waals surface area contributed by atoms with Gasteiger partial charge in [0.2, 0.25) is 0 Å². The average molecular weight is 228 g/mol. The van der Waals surface area contributed by atoms with Crippen LogP contribution in [-0.4, -0.2) is 18.8 Å². The van der Waals surface area contributed by atoms with Crippen molar-refractivity contribution in [3.63, 3.8) is 0 Å². The van der Waals surface area contributed by atoms with Crippen molar-refractivity contribution in [1.82, 2.24) is 5.43 Å². The van der Waals surface area contributed by atoms with Crippen LogP contribution in [0.3, 0.4) is 0 Å². The fourth-order valence-electron chi connectivity index (χ4n) is 2.96. The Kier molecular flexibility index (Phi) is 5.22. The highest BCUT2D eigenvalue weighted by Gasteiger charge is 2.36. The van der Waals surface area contributed by atoms with Gasteiger partial charge in [-0.2, -0.15) is 0 Å². The lowest BCUT2D eigenvalue weighted by Gasteiger charge is -2.41. The molecule has 1 unspecified atom stereocenters. The third-order valence-electron chi connectivity index (χ3n) is 4.39. The van der Waals surface area contributed by atoms with Gasteiger partial charge in [-0.15, -0.1) is 0 Å². The lowest BCUT2D eigenvalue weighted by Crippen LogP contribution is -2.55. The molecule has 1 atom stereocenters. The van der Waals surface area contributed by atoms with E-state index in [2.05, 4.69) is 26.2 Å². The van der Waals surface area contributed by atoms with Crippen molar-refractivity contribution in [3.05, 3.63) is 0 Å². The van der Waals surface area contributed by atoms with Crippen LogP contribution in [0, 0.1) is 11.8 Å². The summed E-state index contributed by atoms with van der Waals surface area (Å²) < 4.78 is 5.55. The number of hydrogen-bond acceptors (Lipinski definition) is 3. The van der Waals surface area contributed by atoms with Crippen LogP contribution >= 0.6 is 0 Å². The normalized spacial score (nSPS) is 29.1. The number of hydrazine groups is 1. The maximum Gasteiger partial charge on any atom is 0.0791 e. The molecule has 1 aliphatic carbocycles. The fourth-order valence-corrected chi connectivity index (χ4v) is 2.96. The summed E-state index contributed by atoms with van der Waals surface area (Å²) in [5.41, 5.74) is 2.79. The van der Waals surface area contributed by atoms with Crippen molar-refractivity contribution >= 4 is 0 Å². The summed E-state index contributed by atoms with van der Waals surface area (Å²) >= 11 is 0. The minimum absolute atomic E-state index is 0.182. The molecule has 3 heteroatoms. The summed E-state index contributed by atoms with van der Waals surface area (Å²) in [5.74, 6) is 7.29. The van der Waals surface area contributed by atoms with Crippen LogP contribution in [0.2, 0.25) is 0 Å². The Hall–Kier alpha value is -0.120. The topological polar surface area (TPSA) is 47.3 Å². The van der Waals surface area contributed by atoms with Gasteiger partial charge in [0, 0.05) is 7.11 Å². The van der Waals surface area contributed by atoms with Gasteiger partial charge in [-0.1, -0.05) is 26.2 Å². The molecule has 16 heavy (non-hydrogen) atoms. The van der Waals surface area contributed by atoms with Crippen LogP contribution in [0.15, 0.2) is 0 Å². The van der Waals surface area contributed by atoms with Gasteiger partial charge in [0.15, 0.2) is 0 Å². The molecule has 3 N–H and O–H groups in total. The van der Waals surface area contributed by atoms with Gasteiger partial charge < -0.3 is 4.74 Å². The van der Waals surface area contributed by atoms with Gasteiger partial charge in [0.05, 0.1) is 11.6 Å². The first-order chi connectivity index (χ1) is 7.55. The van der Waals surface area contributed by atoms with E-state index in [1.807, 2.05) is 0 Å². The van der Waals surface area contributed by atoms with Crippen molar-refractivity contribution in [1.29, 1.82) is 0 Å². The molecular formula is C13H28N2O. The maximum absolute atomic E-state index is 5.70. The number of hydrogen-bond donors (Lipinski definition) is 2. The van der Waals surface area contributed by atoms with E-state index < -0.39 is 0 Å². The Bertz CT molecular complexity index is 198. The van der Waals surface area contributed by atoms with E-state index in [-0.39, 0.29) is 11.6 Å². The van der Waals surface area contributed by atoms with Crippen LogP contribution in [0.4, 0.5) is 0 Å². The Morgan fingerprint density at radius 3 is 2.25 bits per heavy atom. The molecule has 3 nitrogen and oxygen atoms in total. The highest BCUT2D eigenvalue weighted by molar-refractivity contribution is 4.91. The Morgan fingerprint density at radius 2 is 1.88 bits per heavy atom. The van der Waals surface area contributed by atoms with Crippen LogP contribution in [0.5, 0.6) is 0 Å². The smallest absolute Gasteiger partial charge is 0.0791 e. The molecule has 1 fully saturated rings. The summed E-state index contributed by atoms with van der Waals surface area (Å²) in [6.45, 7) is 6.52. The molecule has 0 radical (unpaired) electrons. The van der Waals surface area contributed by atoms with E-state index in [1.54, 1.807) is 7.11 Å². The molecule has 0 bridgehead atoms. The van der Waals surface area contributed by atoms with Crippen molar-refractivity contribution in [2.75, 3.05) is 7.11 Å². The van der Waals surface area contributed by atoms with Crippen molar-refractivity contribution in [2.45, 2.75) is 64.5 Å². The van der Waals surface area contributed by atoms with E-state index in [9.17, 15) is 0 Å². The first-order valence-electron chi connectivity index (χ1n) is 6.56. The maximum atomic E-state index is 5.70. The first-order valence-corrected chi connectivity index (χ1v) is 6.56. The van der Waals surface area contributed by atoms with Gasteiger partial charge >= 0.3 is 0 Å². The summed E-state index contributed by atoms with van der Waals surface area (Å²) in [6, 6.07) is 0.260. The van der Waals surface area contributed by atoms with Crippen molar-refractivity contribution < 1.29 is 4.74 Å². The largest absolute Gasteiger partial charge is 0.377 e. The Morgan fingerprint density at radius 1 is 1.31 bits per heavy atom. The summed E-state index contributed by atoms with van der Waals surface area (Å²) in [7, 11) is 1.77. The van der Waals surface area contributed by atoms with Crippen LogP contribution in [0.1, 0.15) is 52.9 Å². The zero-order valence-electron chi connectivity index (χ0n) is 11.3. The number of nitrogens with two attached hydrogens (primary N) is 1. The fraction of sp³-hybridized carbons (Fsp3) is 1.00. The second-order valence-corrected chi connectivity index (χ2v) is 5.64. The van der Waals surface area contributed by atoms with Gasteiger partial charge in [0.25, 0.3) is 0 Å². The molecule has 1 aliphatic rings. The van der Waals surface area contributed by atoms with Gasteiger partial charge in [0.1, 0.15) is 0 Å². The summed E-state index contributed by atoms with van der Waals surface area (Å²) in [4.78, 5) is 0. The molecule has 1 rings (SSSR count). The minimum Gasteiger partial charge on any atom is -0.377 e. The van der Waals surface area contributed by atoms with Crippen molar-refractivity contribution in [3.8, 4) is 0 Å². The Labute approximate surface area is 100 Å². The molecular weight excluding hydrogens is 200 g/mol. The predicted molar refractivity (Wildman–Crippen MR) is 67.9 cm³/mol. The molecule has 0 aromatic carbocycles. The predicted octanol–water partition coefficient (Wildman–Crippen LogP) is 2.46. The molecule has 0 aromatic rings. The highest BCUT2D eigenvalue weighted by Crippen LogP contribution is 2.35. The monoisotopic (exact) mass is 228 g/mol. The Balaban J connectivity index is 2.55. The number of ether oxygens (including phenoxy) is 1. The third kappa shape index (κ3) is 3.19. The summed E-state index contributed by atoms with van der Waals surface area (Å²) in [6.07, 6.45) is 6.57. The van der Waals surface area contributed by atoms with Crippen LogP contribution in [0.25, 0.3) is 0 Å². The molecule has 0 aliphatic heterocycles. The molecule has 96 valence electrons. The molecule has 0 spiro atoms. The van der Waals surface area contributed by atoms with E-state index in [0.717, 1.165) is 5.92 Å². The first kappa shape index (κ1) is 13.9. The molecule has 0 aromatic heterocycles. The van der Waals surface area contributed by atoms with Crippen molar-refractivity contribution in [2.24, 2.45) is 17.7 Å². The molecule has 0 saturated heterocycles. The quantitative estimate of drug-likeness (QED) is 0.561. The SMILES string of the molecule is CCC1CCC(C(NN)C(C)(C)OC)CC1. The standard InChI is InChI=1S/C13H28N2O/c1-5-10-6-8-11(9-7-10)12(15-14)13(2,3)16-4/h10-12,15H,5-9,14H2,1-4H3. The highest BCUT2D eigenvalue weighted by atomic mass is 16.5. The van der Waals surface area contributed by atoms with Crippen LogP contribution in [-0.2, 0) is 4.74 Å². The molecule has 0 heterocycles. The number of rotatable bonds is 5. The van der Waals surface area contributed by atoms with E-state index in [4.69, 9.17) is 10.6 Å². The zero-order valence-corrected chi connectivity index (χ0v) is 11.3. The second kappa shape index (κ2) is 5.99. The van der Waals surface area contributed by atoms with E-state index in [1.165, 1.54) is 32.1 Å². The number of methoxy groups -OCH3 is 1.